The molecule has 0 amide bonds. The molecule has 2 aromatic carbocycles. The Hall–Kier alpha value is -3.64. The average Bonchev–Trinajstić information content (AvgIpc) is 3.04. The van der Waals surface area contributed by atoms with Crippen molar-refractivity contribution in [2.45, 2.75) is 0 Å². The fourth-order valence-corrected chi connectivity index (χ4v) is 2.02. The Labute approximate surface area is 126 Å². The highest BCUT2D eigenvalue weighted by molar-refractivity contribution is 5.67. The summed E-state index contributed by atoms with van der Waals surface area (Å²) in [6, 6.07) is 15.5. The predicted molar refractivity (Wildman–Crippen MR) is 77.9 cm³/mol. The van der Waals surface area contributed by atoms with E-state index in [4.69, 9.17) is 10.5 Å². The molecular formula is C16H9N5O. The van der Waals surface area contributed by atoms with Crippen LogP contribution in [-0.4, -0.2) is 20.1 Å². The monoisotopic (exact) mass is 287 g/mol. The first kappa shape index (κ1) is 13.3. The molecule has 0 aliphatic carbocycles. The molecule has 3 rings (SSSR count). The first-order valence-electron chi connectivity index (χ1n) is 6.37. The van der Waals surface area contributed by atoms with Gasteiger partial charge in [-0.2, -0.15) is 10.5 Å². The Morgan fingerprint density at radius 3 is 2.27 bits per heavy atom. The highest BCUT2D eigenvalue weighted by Crippen LogP contribution is 2.28. The number of nitrogens with zero attached hydrogens (tertiary/aromatic N) is 5. The van der Waals surface area contributed by atoms with Crippen LogP contribution in [0.4, 0.5) is 0 Å². The van der Waals surface area contributed by atoms with Crippen LogP contribution < -0.4 is 0 Å². The Balaban J connectivity index is 1.97. The second-order valence-corrected chi connectivity index (χ2v) is 4.55. The smallest absolute Gasteiger partial charge is 0.126 e. The van der Waals surface area contributed by atoms with Gasteiger partial charge >= 0.3 is 0 Å². The second kappa shape index (κ2) is 5.39. The van der Waals surface area contributed by atoms with E-state index in [1.807, 2.05) is 6.07 Å². The second-order valence-electron chi connectivity index (χ2n) is 4.55. The molecule has 0 bridgehead atoms. The van der Waals surface area contributed by atoms with Gasteiger partial charge in [-0.15, -0.1) is 5.10 Å². The van der Waals surface area contributed by atoms with Gasteiger partial charge in [-0.1, -0.05) is 5.21 Å². The highest BCUT2D eigenvalue weighted by Gasteiger charge is 2.10. The third-order valence-corrected chi connectivity index (χ3v) is 3.16. The number of phenolic OH excluding ortho intramolecular Hbond substituents is 1. The summed E-state index contributed by atoms with van der Waals surface area (Å²) >= 11 is 0. The summed E-state index contributed by atoms with van der Waals surface area (Å²) in [4.78, 5) is 0. The first-order chi connectivity index (χ1) is 10.7. The molecule has 6 nitrogen and oxygen atoms in total. The maximum absolute atomic E-state index is 9.96. The van der Waals surface area contributed by atoms with E-state index < -0.39 is 0 Å². The molecule has 3 aromatic rings. The molecule has 0 saturated heterocycles. The van der Waals surface area contributed by atoms with E-state index in [-0.39, 0.29) is 5.75 Å². The van der Waals surface area contributed by atoms with Gasteiger partial charge in [0.2, 0.25) is 0 Å². The van der Waals surface area contributed by atoms with Crippen molar-refractivity contribution in [1.29, 1.82) is 10.5 Å². The lowest BCUT2D eigenvalue weighted by atomic mass is 10.1. The number of nitriles is 2. The largest absolute Gasteiger partial charge is 0.507 e. The maximum atomic E-state index is 9.96. The van der Waals surface area contributed by atoms with Gasteiger partial charge in [0.05, 0.1) is 35.1 Å². The molecule has 104 valence electrons. The van der Waals surface area contributed by atoms with Crippen molar-refractivity contribution in [1.82, 2.24) is 15.0 Å². The minimum atomic E-state index is -0.0223. The molecular weight excluding hydrogens is 278 g/mol. The van der Waals surface area contributed by atoms with Gasteiger partial charge in [-0.25, -0.2) is 4.68 Å². The Morgan fingerprint density at radius 1 is 0.955 bits per heavy atom. The van der Waals surface area contributed by atoms with E-state index in [2.05, 4.69) is 16.4 Å². The summed E-state index contributed by atoms with van der Waals surface area (Å²) in [6.07, 6.45) is 1.67. The zero-order valence-electron chi connectivity index (χ0n) is 11.3. The van der Waals surface area contributed by atoms with Crippen LogP contribution in [-0.2, 0) is 0 Å². The third-order valence-electron chi connectivity index (χ3n) is 3.16. The van der Waals surface area contributed by atoms with Crippen LogP contribution >= 0.6 is 0 Å². The van der Waals surface area contributed by atoms with E-state index in [0.29, 0.717) is 22.4 Å². The SMILES string of the molecule is N#Cc1ccc(-n2cc(-c3ccc(C#N)cc3O)nn2)cc1. The van der Waals surface area contributed by atoms with E-state index in [0.717, 1.165) is 5.69 Å². The molecule has 0 aliphatic rings. The molecule has 1 heterocycles. The molecule has 0 fully saturated rings. The molecule has 0 radical (unpaired) electrons. The summed E-state index contributed by atoms with van der Waals surface area (Å²) in [5, 5.41) is 35.6. The lowest BCUT2D eigenvalue weighted by Gasteiger charge is -2.01. The van der Waals surface area contributed by atoms with Crippen molar-refractivity contribution in [2.75, 3.05) is 0 Å². The Bertz CT molecular complexity index is 913. The summed E-state index contributed by atoms with van der Waals surface area (Å²) in [5.74, 6) is -0.0223. The van der Waals surface area contributed by atoms with Crippen LogP contribution in [0.5, 0.6) is 5.75 Å². The number of hydrogen-bond acceptors (Lipinski definition) is 5. The molecule has 22 heavy (non-hydrogen) atoms. The predicted octanol–water partition coefficient (Wildman–Crippen LogP) is 2.38. The molecule has 0 unspecified atom stereocenters. The molecule has 1 aromatic heterocycles. The zero-order chi connectivity index (χ0) is 15.5. The number of benzene rings is 2. The van der Waals surface area contributed by atoms with Crippen molar-refractivity contribution < 1.29 is 5.11 Å². The molecule has 0 aliphatic heterocycles. The average molecular weight is 287 g/mol. The lowest BCUT2D eigenvalue weighted by Crippen LogP contribution is -1.94. The topological polar surface area (TPSA) is 98.5 Å². The van der Waals surface area contributed by atoms with Gasteiger partial charge in [-0.3, -0.25) is 0 Å². The Morgan fingerprint density at radius 2 is 1.64 bits per heavy atom. The van der Waals surface area contributed by atoms with Crippen molar-refractivity contribution in [3.05, 3.63) is 59.8 Å². The lowest BCUT2D eigenvalue weighted by molar-refractivity contribution is 0.477. The molecule has 6 heteroatoms. The minimum Gasteiger partial charge on any atom is -0.507 e. The van der Waals surface area contributed by atoms with Crippen LogP contribution in [0.25, 0.3) is 16.9 Å². The number of rotatable bonds is 2. The van der Waals surface area contributed by atoms with E-state index in [1.165, 1.54) is 6.07 Å². The van der Waals surface area contributed by atoms with Gasteiger partial charge in [-0.05, 0) is 42.5 Å². The fourth-order valence-electron chi connectivity index (χ4n) is 2.02. The summed E-state index contributed by atoms with van der Waals surface area (Å²) in [7, 11) is 0. The maximum Gasteiger partial charge on any atom is 0.126 e. The van der Waals surface area contributed by atoms with Gasteiger partial charge < -0.3 is 5.11 Å². The van der Waals surface area contributed by atoms with E-state index >= 15 is 0 Å². The number of aromatic hydroxyl groups is 1. The highest BCUT2D eigenvalue weighted by atomic mass is 16.3. The van der Waals surface area contributed by atoms with Gasteiger partial charge in [0.25, 0.3) is 0 Å². The van der Waals surface area contributed by atoms with E-state index in [1.54, 1.807) is 47.3 Å². The molecule has 0 atom stereocenters. The zero-order valence-corrected chi connectivity index (χ0v) is 11.3. The summed E-state index contributed by atoms with van der Waals surface area (Å²) in [5.41, 5.74) is 2.69. The third kappa shape index (κ3) is 2.37. The Kier molecular flexibility index (Phi) is 3.27. The first-order valence-corrected chi connectivity index (χ1v) is 6.37. The van der Waals surface area contributed by atoms with Gasteiger partial charge in [0.15, 0.2) is 0 Å². The van der Waals surface area contributed by atoms with Crippen LogP contribution in [0.2, 0.25) is 0 Å². The van der Waals surface area contributed by atoms with Crippen LogP contribution in [0, 0.1) is 22.7 Å². The van der Waals surface area contributed by atoms with Gasteiger partial charge in [0, 0.05) is 5.56 Å². The van der Waals surface area contributed by atoms with Crippen LogP contribution in [0.15, 0.2) is 48.7 Å². The van der Waals surface area contributed by atoms with Crippen molar-refractivity contribution >= 4 is 0 Å². The standard InChI is InChI=1S/C16H9N5O/c17-8-11-1-4-13(5-2-11)21-10-15(19-20-21)14-6-3-12(9-18)7-16(14)22/h1-7,10,22H. The normalized spacial score (nSPS) is 9.91. The van der Waals surface area contributed by atoms with Crippen molar-refractivity contribution in [3.63, 3.8) is 0 Å². The summed E-state index contributed by atoms with van der Waals surface area (Å²) < 4.78 is 1.55. The molecule has 1 N–H and O–H groups in total. The van der Waals surface area contributed by atoms with Crippen LogP contribution in [0.3, 0.4) is 0 Å². The number of hydrogen-bond donors (Lipinski definition) is 1. The van der Waals surface area contributed by atoms with Crippen LogP contribution in [0.1, 0.15) is 11.1 Å². The number of phenols is 1. The quantitative estimate of drug-likeness (QED) is 0.780. The van der Waals surface area contributed by atoms with Crippen molar-refractivity contribution in [2.24, 2.45) is 0 Å². The van der Waals surface area contributed by atoms with E-state index in [9.17, 15) is 5.11 Å². The minimum absolute atomic E-state index is 0.0223. The molecule has 0 spiro atoms. The fraction of sp³-hybridized carbons (Fsp3) is 0. The number of aromatic nitrogens is 3. The van der Waals surface area contributed by atoms with Gasteiger partial charge in [0.1, 0.15) is 11.4 Å². The molecule has 0 saturated carbocycles. The van der Waals surface area contributed by atoms with Crippen molar-refractivity contribution in [3.8, 4) is 34.8 Å². The summed E-state index contributed by atoms with van der Waals surface area (Å²) in [6.45, 7) is 0.